The average Bonchev–Trinajstić information content (AvgIpc) is 3.47. The molecule has 0 radical (unpaired) electrons. The van der Waals surface area contributed by atoms with E-state index in [0.29, 0.717) is 45.4 Å². The second kappa shape index (κ2) is 11.2. The number of hydrogen-bond donors (Lipinski definition) is 1. The summed E-state index contributed by atoms with van der Waals surface area (Å²) in [6.45, 7) is 2.35. The van der Waals surface area contributed by atoms with Gasteiger partial charge in [-0.25, -0.2) is 4.99 Å². The normalized spacial score (nSPS) is 14.3. The number of amidine groups is 1. The number of aliphatic imine (C=N–C) groups is 1. The van der Waals surface area contributed by atoms with E-state index in [4.69, 9.17) is 25.5 Å². The van der Waals surface area contributed by atoms with E-state index in [-0.39, 0.29) is 23.3 Å². The third kappa shape index (κ3) is 5.70. The highest BCUT2D eigenvalue weighted by Crippen LogP contribution is 2.34. The van der Waals surface area contributed by atoms with E-state index in [1.807, 2.05) is 19.1 Å². The summed E-state index contributed by atoms with van der Waals surface area (Å²) in [4.78, 5) is 31.9. The van der Waals surface area contributed by atoms with Gasteiger partial charge in [-0.05, 0) is 49.4 Å². The van der Waals surface area contributed by atoms with Crippen LogP contribution in [0, 0.1) is 0 Å². The van der Waals surface area contributed by atoms with Crippen LogP contribution in [0.4, 0.5) is 11.4 Å². The highest BCUT2D eigenvalue weighted by atomic mass is 35.5. The second-order valence-electron chi connectivity index (χ2n) is 7.16. The monoisotopic (exact) mass is 511 g/mol. The Morgan fingerprint density at radius 1 is 1.20 bits per heavy atom. The number of halogens is 1. The van der Waals surface area contributed by atoms with E-state index < -0.39 is 0 Å². The molecular formula is C25H22ClN3O5S. The van der Waals surface area contributed by atoms with E-state index in [9.17, 15) is 9.59 Å². The molecule has 0 aliphatic carbocycles. The zero-order valence-electron chi connectivity index (χ0n) is 19.0. The first-order valence-corrected chi connectivity index (χ1v) is 12.0. The summed E-state index contributed by atoms with van der Waals surface area (Å²) in [7, 11) is 1.51. The van der Waals surface area contributed by atoms with Gasteiger partial charge in [0.05, 0.1) is 42.1 Å². The number of amides is 2. The first-order valence-electron chi connectivity index (χ1n) is 10.7. The minimum Gasteiger partial charge on any atom is -0.495 e. The van der Waals surface area contributed by atoms with Crippen LogP contribution >= 0.6 is 23.4 Å². The van der Waals surface area contributed by atoms with Crippen LogP contribution in [-0.2, 0) is 9.59 Å². The molecule has 3 aromatic rings. The van der Waals surface area contributed by atoms with Crippen LogP contribution in [0.1, 0.15) is 12.7 Å². The smallest absolute Gasteiger partial charge is 0.283 e. The van der Waals surface area contributed by atoms with E-state index in [1.54, 1.807) is 48.5 Å². The Morgan fingerprint density at radius 2 is 2.03 bits per heavy atom. The number of hydrogen-bond acceptors (Lipinski definition) is 7. The van der Waals surface area contributed by atoms with Crippen molar-refractivity contribution < 1.29 is 23.5 Å². The van der Waals surface area contributed by atoms with Crippen molar-refractivity contribution in [2.45, 2.75) is 6.92 Å². The minimum atomic E-state index is -0.368. The third-order valence-electron chi connectivity index (χ3n) is 4.84. The van der Waals surface area contributed by atoms with Crippen molar-refractivity contribution in [2.75, 3.05) is 29.7 Å². The molecule has 1 aliphatic rings. The number of para-hydroxylation sites is 2. The lowest BCUT2D eigenvalue weighted by atomic mass is 10.2. The van der Waals surface area contributed by atoms with Crippen LogP contribution in [0.2, 0.25) is 5.02 Å². The maximum absolute atomic E-state index is 13.3. The molecule has 0 spiro atoms. The summed E-state index contributed by atoms with van der Waals surface area (Å²) < 4.78 is 16.1. The third-order valence-corrected chi connectivity index (χ3v) is 6.07. The molecule has 2 aromatic carbocycles. The molecule has 1 N–H and O–H groups in total. The number of ether oxygens (including phenoxy) is 2. The lowest BCUT2D eigenvalue weighted by Crippen LogP contribution is -2.31. The van der Waals surface area contributed by atoms with E-state index in [1.165, 1.54) is 18.3 Å². The van der Waals surface area contributed by atoms with Crippen molar-refractivity contribution >= 4 is 57.8 Å². The van der Waals surface area contributed by atoms with Crippen LogP contribution in [0.25, 0.3) is 6.08 Å². The van der Waals surface area contributed by atoms with Crippen LogP contribution in [-0.4, -0.2) is 36.5 Å². The fourth-order valence-corrected chi connectivity index (χ4v) is 4.36. The van der Waals surface area contributed by atoms with Gasteiger partial charge in [0.25, 0.3) is 5.91 Å². The van der Waals surface area contributed by atoms with Gasteiger partial charge in [-0.1, -0.05) is 35.5 Å². The van der Waals surface area contributed by atoms with Gasteiger partial charge in [0, 0.05) is 6.08 Å². The number of furan rings is 1. The van der Waals surface area contributed by atoms with Crippen molar-refractivity contribution in [2.24, 2.45) is 4.99 Å². The zero-order valence-corrected chi connectivity index (χ0v) is 20.6. The molecule has 35 heavy (non-hydrogen) atoms. The van der Waals surface area contributed by atoms with Gasteiger partial charge in [0.2, 0.25) is 5.91 Å². The quantitative estimate of drug-likeness (QED) is 0.404. The number of methoxy groups -OCH3 is 1. The van der Waals surface area contributed by atoms with Gasteiger partial charge in [0.1, 0.15) is 23.0 Å². The Kier molecular flexibility index (Phi) is 7.79. The Hall–Kier alpha value is -3.69. The number of nitrogens with one attached hydrogen (secondary N) is 1. The van der Waals surface area contributed by atoms with Crippen LogP contribution in [0.5, 0.6) is 11.5 Å². The van der Waals surface area contributed by atoms with Gasteiger partial charge in [0.15, 0.2) is 5.17 Å². The zero-order chi connectivity index (χ0) is 24.8. The number of carbonyl (C=O) groups is 2. The molecule has 0 saturated carbocycles. The predicted octanol–water partition coefficient (Wildman–Crippen LogP) is 5.46. The Balaban J connectivity index is 1.56. The molecule has 180 valence electrons. The maximum Gasteiger partial charge on any atom is 0.283 e. The van der Waals surface area contributed by atoms with E-state index in [0.717, 1.165) is 11.8 Å². The molecule has 2 heterocycles. The number of anilines is 2. The maximum atomic E-state index is 13.3. The van der Waals surface area contributed by atoms with Crippen LogP contribution < -0.4 is 19.7 Å². The van der Waals surface area contributed by atoms with Crippen molar-refractivity contribution in [1.82, 2.24) is 0 Å². The fraction of sp³-hybridized carbons (Fsp3) is 0.160. The number of carbonyl (C=O) groups excluding carboxylic acids is 2. The first-order chi connectivity index (χ1) is 17.0. The second-order valence-corrected chi connectivity index (χ2v) is 8.51. The summed E-state index contributed by atoms with van der Waals surface area (Å²) >= 11 is 7.42. The molecule has 1 aromatic heterocycles. The SMILES string of the molecule is CCOc1ccccc1NC(=O)CSC1=NC(=Cc2ccco2)C(=O)N1c1ccc(OC)c(Cl)c1. The predicted molar refractivity (Wildman–Crippen MR) is 138 cm³/mol. The van der Waals surface area contributed by atoms with Gasteiger partial charge in [-0.3, -0.25) is 14.5 Å². The highest BCUT2D eigenvalue weighted by Gasteiger charge is 2.33. The number of thioether (sulfide) groups is 1. The Labute approximate surface area is 211 Å². The lowest BCUT2D eigenvalue weighted by molar-refractivity contribution is -0.114. The molecule has 4 rings (SSSR count). The van der Waals surface area contributed by atoms with Crippen LogP contribution in [0.3, 0.4) is 0 Å². The molecule has 0 atom stereocenters. The molecular weight excluding hydrogens is 490 g/mol. The first kappa shape index (κ1) is 24.4. The minimum absolute atomic E-state index is 0.0149. The Bertz CT molecular complexity index is 1290. The van der Waals surface area contributed by atoms with Gasteiger partial charge < -0.3 is 19.2 Å². The number of nitrogens with zero attached hydrogens (tertiary/aromatic N) is 2. The molecule has 0 bridgehead atoms. The molecule has 0 unspecified atom stereocenters. The molecule has 10 heteroatoms. The van der Waals surface area contributed by atoms with Crippen molar-refractivity contribution in [1.29, 1.82) is 0 Å². The summed E-state index contributed by atoms with van der Waals surface area (Å²) in [5.74, 6) is 0.926. The van der Waals surface area contributed by atoms with Gasteiger partial charge in [-0.15, -0.1) is 0 Å². The van der Waals surface area contributed by atoms with E-state index in [2.05, 4.69) is 10.3 Å². The summed E-state index contributed by atoms with van der Waals surface area (Å²) in [5.41, 5.74) is 1.25. The summed E-state index contributed by atoms with van der Waals surface area (Å²) in [5, 5.41) is 3.53. The topological polar surface area (TPSA) is 93.4 Å². The standard InChI is InChI=1S/C25H22ClN3O5S/c1-3-33-22-9-5-4-8-19(22)27-23(30)15-35-25-28-20(14-17-7-6-12-34-17)24(31)29(25)16-10-11-21(32-2)18(26)13-16/h4-14H,3,15H2,1-2H3,(H,27,30). The van der Waals surface area contributed by atoms with Crippen molar-refractivity contribution in [3.8, 4) is 11.5 Å². The molecule has 1 aliphatic heterocycles. The molecule has 8 nitrogen and oxygen atoms in total. The van der Waals surface area contributed by atoms with Gasteiger partial charge in [-0.2, -0.15) is 0 Å². The average molecular weight is 512 g/mol. The number of benzene rings is 2. The molecule has 2 amide bonds. The molecule has 0 fully saturated rings. The highest BCUT2D eigenvalue weighted by molar-refractivity contribution is 8.14. The number of rotatable bonds is 8. The summed E-state index contributed by atoms with van der Waals surface area (Å²) in [6, 6.07) is 15.6. The van der Waals surface area contributed by atoms with Gasteiger partial charge >= 0.3 is 0 Å². The van der Waals surface area contributed by atoms with Crippen molar-refractivity contribution in [3.63, 3.8) is 0 Å². The van der Waals surface area contributed by atoms with Crippen molar-refractivity contribution in [3.05, 3.63) is 77.3 Å². The van der Waals surface area contributed by atoms with E-state index >= 15 is 0 Å². The Morgan fingerprint density at radius 3 is 2.74 bits per heavy atom. The summed E-state index contributed by atoms with van der Waals surface area (Å²) in [6.07, 6.45) is 3.06. The van der Waals surface area contributed by atoms with Crippen LogP contribution in [0.15, 0.2) is 76.0 Å². The largest absolute Gasteiger partial charge is 0.495 e. The lowest BCUT2D eigenvalue weighted by Gasteiger charge is -2.18. The fourth-order valence-electron chi connectivity index (χ4n) is 3.29. The molecule has 0 saturated heterocycles.